The minimum absolute atomic E-state index is 0.550. The van der Waals surface area contributed by atoms with Gasteiger partial charge in [0.25, 0.3) is 0 Å². The summed E-state index contributed by atoms with van der Waals surface area (Å²) in [7, 11) is 0. The van der Waals surface area contributed by atoms with Gasteiger partial charge in [-0.3, -0.25) is 0 Å². The zero-order valence-corrected chi connectivity index (χ0v) is 13.0. The molecule has 0 heterocycles. The Bertz CT molecular complexity index is 682. The van der Waals surface area contributed by atoms with E-state index in [2.05, 4.69) is 30.0 Å². The standard InChI is InChI=1S/C20H21NO/c1-3-15-4-7-18-13-20(11-8-17(18)12-15)22-14-16-5-9-19(21-2)10-6-16/h5-6,8-11,13,15H,3-4,7,12,14H2,1H3. The van der Waals surface area contributed by atoms with E-state index in [9.17, 15) is 0 Å². The summed E-state index contributed by atoms with van der Waals surface area (Å²) >= 11 is 0. The quantitative estimate of drug-likeness (QED) is 0.694. The highest BCUT2D eigenvalue weighted by molar-refractivity contribution is 5.45. The summed E-state index contributed by atoms with van der Waals surface area (Å²) in [5, 5.41) is 0. The average molecular weight is 291 g/mol. The highest BCUT2D eigenvalue weighted by atomic mass is 16.5. The first-order valence-corrected chi connectivity index (χ1v) is 7.99. The first-order valence-electron chi connectivity index (χ1n) is 7.99. The van der Waals surface area contributed by atoms with Crippen LogP contribution in [0.15, 0.2) is 42.5 Å². The summed E-state index contributed by atoms with van der Waals surface area (Å²) in [6.45, 7) is 9.80. The Kier molecular flexibility index (Phi) is 4.44. The van der Waals surface area contributed by atoms with Crippen LogP contribution in [-0.4, -0.2) is 0 Å². The second-order valence-corrected chi connectivity index (χ2v) is 6.01. The molecule has 112 valence electrons. The molecule has 0 bridgehead atoms. The van der Waals surface area contributed by atoms with Gasteiger partial charge in [0.15, 0.2) is 5.69 Å². The second kappa shape index (κ2) is 6.66. The summed E-state index contributed by atoms with van der Waals surface area (Å²) in [5.74, 6) is 1.79. The van der Waals surface area contributed by atoms with Crippen LogP contribution in [0.25, 0.3) is 4.85 Å². The Labute approximate surface area is 132 Å². The van der Waals surface area contributed by atoms with E-state index in [4.69, 9.17) is 11.3 Å². The summed E-state index contributed by atoms with van der Waals surface area (Å²) in [4.78, 5) is 3.40. The molecule has 0 spiro atoms. The number of rotatable bonds is 4. The summed E-state index contributed by atoms with van der Waals surface area (Å²) in [6.07, 6.45) is 4.96. The minimum Gasteiger partial charge on any atom is -0.489 e. The van der Waals surface area contributed by atoms with Crippen molar-refractivity contribution in [1.82, 2.24) is 0 Å². The highest BCUT2D eigenvalue weighted by Gasteiger charge is 2.17. The highest BCUT2D eigenvalue weighted by Crippen LogP contribution is 2.30. The fourth-order valence-electron chi connectivity index (χ4n) is 3.08. The molecule has 1 atom stereocenters. The van der Waals surface area contributed by atoms with E-state index in [1.807, 2.05) is 24.3 Å². The van der Waals surface area contributed by atoms with E-state index in [0.29, 0.717) is 12.3 Å². The average Bonchev–Trinajstić information content (AvgIpc) is 2.59. The van der Waals surface area contributed by atoms with Crippen LogP contribution in [0.4, 0.5) is 5.69 Å². The van der Waals surface area contributed by atoms with Gasteiger partial charge in [-0.2, -0.15) is 0 Å². The molecule has 1 aliphatic rings. The van der Waals surface area contributed by atoms with Crippen LogP contribution in [0.2, 0.25) is 0 Å². The zero-order valence-electron chi connectivity index (χ0n) is 13.0. The Morgan fingerprint density at radius 3 is 2.68 bits per heavy atom. The van der Waals surface area contributed by atoms with Crippen LogP contribution < -0.4 is 4.74 Å². The Hall–Kier alpha value is -2.27. The van der Waals surface area contributed by atoms with Crippen molar-refractivity contribution in [3.8, 4) is 5.75 Å². The Morgan fingerprint density at radius 2 is 1.95 bits per heavy atom. The van der Waals surface area contributed by atoms with Crippen molar-refractivity contribution in [2.75, 3.05) is 0 Å². The second-order valence-electron chi connectivity index (χ2n) is 6.01. The molecule has 2 aromatic carbocycles. The van der Waals surface area contributed by atoms with Gasteiger partial charge >= 0.3 is 0 Å². The fourth-order valence-corrected chi connectivity index (χ4v) is 3.08. The monoisotopic (exact) mass is 291 g/mol. The van der Waals surface area contributed by atoms with Crippen LogP contribution >= 0.6 is 0 Å². The lowest BCUT2D eigenvalue weighted by molar-refractivity contribution is 0.305. The molecule has 22 heavy (non-hydrogen) atoms. The first kappa shape index (κ1) is 14.7. The molecule has 2 heteroatoms. The molecule has 0 N–H and O–H groups in total. The molecule has 3 rings (SSSR count). The predicted molar refractivity (Wildman–Crippen MR) is 89.3 cm³/mol. The lowest BCUT2D eigenvalue weighted by atomic mass is 9.82. The lowest BCUT2D eigenvalue weighted by Crippen LogP contribution is -2.13. The fraction of sp³-hybridized carbons (Fsp3) is 0.350. The molecular weight excluding hydrogens is 270 g/mol. The van der Waals surface area contributed by atoms with Gasteiger partial charge in [-0.1, -0.05) is 43.7 Å². The van der Waals surface area contributed by atoms with Crippen LogP contribution in [0.3, 0.4) is 0 Å². The smallest absolute Gasteiger partial charge is 0.187 e. The molecule has 2 nitrogen and oxygen atoms in total. The van der Waals surface area contributed by atoms with Crippen molar-refractivity contribution in [3.05, 3.63) is 70.6 Å². The van der Waals surface area contributed by atoms with Crippen molar-refractivity contribution in [2.45, 2.75) is 39.2 Å². The van der Waals surface area contributed by atoms with Crippen molar-refractivity contribution < 1.29 is 4.74 Å². The lowest BCUT2D eigenvalue weighted by Gasteiger charge is -2.24. The molecule has 1 unspecified atom stereocenters. The third kappa shape index (κ3) is 3.31. The predicted octanol–water partition coefficient (Wildman–Crippen LogP) is 5.33. The Morgan fingerprint density at radius 1 is 1.14 bits per heavy atom. The molecule has 0 aromatic heterocycles. The van der Waals surface area contributed by atoms with Gasteiger partial charge < -0.3 is 4.74 Å². The summed E-state index contributed by atoms with van der Waals surface area (Å²) in [5.41, 5.74) is 4.71. The number of fused-ring (bicyclic) bond motifs is 1. The minimum atomic E-state index is 0.550. The number of ether oxygens (including phenoxy) is 1. The van der Waals surface area contributed by atoms with Crippen LogP contribution in [0.5, 0.6) is 5.75 Å². The number of hydrogen-bond donors (Lipinski definition) is 0. The largest absolute Gasteiger partial charge is 0.489 e. The van der Waals surface area contributed by atoms with Crippen molar-refractivity contribution in [2.24, 2.45) is 5.92 Å². The number of hydrogen-bond acceptors (Lipinski definition) is 1. The molecule has 0 aliphatic heterocycles. The number of aryl methyl sites for hydroxylation is 1. The van der Waals surface area contributed by atoms with Gasteiger partial charge in [0.2, 0.25) is 0 Å². The molecule has 0 radical (unpaired) electrons. The number of nitrogens with zero attached hydrogens (tertiary/aromatic N) is 1. The van der Waals surface area contributed by atoms with E-state index in [-0.39, 0.29) is 0 Å². The zero-order chi connectivity index (χ0) is 15.4. The van der Waals surface area contributed by atoms with Gasteiger partial charge in [0, 0.05) is 0 Å². The van der Waals surface area contributed by atoms with Crippen LogP contribution in [0.1, 0.15) is 36.5 Å². The van der Waals surface area contributed by atoms with Gasteiger partial charge in [0.1, 0.15) is 12.4 Å². The molecule has 2 aromatic rings. The molecule has 1 aliphatic carbocycles. The van der Waals surface area contributed by atoms with Crippen molar-refractivity contribution in [3.63, 3.8) is 0 Å². The number of benzene rings is 2. The van der Waals surface area contributed by atoms with E-state index >= 15 is 0 Å². The summed E-state index contributed by atoms with van der Waals surface area (Å²) in [6, 6.07) is 14.1. The van der Waals surface area contributed by atoms with Crippen molar-refractivity contribution in [1.29, 1.82) is 0 Å². The van der Waals surface area contributed by atoms with E-state index in [1.165, 1.54) is 36.8 Å². The maximum Gasteiger partial charge on any atom is 0.187 e. The van der Waals surface area contributed by atoms with Gasteiger partial charge in [-0.25, -0.2) is 4.85 Å². The SMILES string of the molecule is [C-]#[N+]c1ccc(COc2ccc3c(c2)CCC(CC)C3)cc1. The Balaban J connectivity index is 1.65. The van der Waals surface area contributed by atoms with Gasteiger partial charge in [-0.15, -0.1) is 0 Å². The topological polar surface area (TPSA) is 13.6 Å². The normalized spacial score (nSPS) is 16.6. The van der Waals surface area contributed by atoms with E-state index in [0.717, 1.165) is 17.2 Å². The van der Waals surface area contributed by atoms with Crippen molar-refractivity contribution >= 4 is 5.69 Å². The van der Waals surface area contributed by atoms with Gasteiger partial charge in [0.05, 0.1) is 6.57 Å². The molecule has 0 saturated heterocycles. The summed E-state index contributed by atoms with van der Waals surface area (Å²) < 4.78 is 5.91. The van der Waals surface area contributed by atoms with Gasteiger partial charge in [-0.05, 0) is 54.0 Å². The van der Waals surface area contributed by atoms with E-state index < -0.39 is 0 Å². The van der Waals surface area contributed by atoms with Crippen LogP contribution in [-0.2, 0) is 19.4 Å². The molecule has 0 fully saturated rings. The maximum atomic E-state index is 6.96. The molecule has 0 saturated carbocycles. The molecule has 0 amide bonds. The van der Waals surface area contributed by atoms with Crippen LogP contribution in [0, 0.1) is 12.5 Å². The molecular formula is C20H21NO. The third-order valence-corrected chi connectivity index (χ3v) is 4.56. The third-order valence-electron chi connectivity index (χ3n) is 4.56. The maximum absolute atomic E-state index is 6.96. The van der Waals surface area contributed by atoms with E-state index in [1.54, 1.807) is 0 Å². The first-order chi connectivity index (χ1) is 10.8.